The molecule has 0 bridgehead atoms. The Morgan fingerprint density at radius 2 is 1.78 bits per heavy atom. The highest BCUT2D eigenvalue weighted by Gasteiger charge is 2.31. The highest BCUT2D eigenvalue weighted by molar-refractivity contribution is 5.97. The summed E-state index contributed by atoms with van der Waals surface area (Å²) in [7, 11) is 0. The van der Waals surface area contributed by atoms with Crippen LogP contribution in [0.2, 0.25) is 0 Å². The molecule has 1 aliphatic rings. The molecule has 23 heavy (non-hydrogen) atoms. The van der Waals surface area contributed by atoms with Crippen LogP contribution in [0, 0.1) is 6.92 Å². The summed E-state index contributed by atoms with van der Waals surface area (Å²) in [5.74, 6) is 0.0248. The maximum absolute atomic E-state index is 12.1. The molecule has 1 fully saturated rings. The topological polar surface area (TPSA) is 61.4 Å². The molecule has 1 aliphatic heterocycles. The van der Waals surface area contributed by atoms with Gasteiger partial charge in [0.1, 0.15) is 0 Å². The summed E-state index contributed by atoms with van der Waals surface area (Å²) in [6, 6.07) is 16.6. The van der Waals surface area contributed by atoms with E-state index in [0.717, 1.165) is 16.9 Å². The van der Waals surface area contributed by atoms with Crippen molar-refractivity contribution in [1.82, 2.24) is 5.32 Å². The van der Waals surface area contributed by atoms with E-state index in [9.17, 15) is 9.59 Å². The first-order valence-electron chi connectivity index (χ1n) is 7.61. The number of hydrogen-bond acceptors (Lipinski definition) is 2. The van der Waals surface area contributed by atoms with Crippen LogP contribution in [0.5, 0.6) is 0 Å². The Morgan fingerprint density at radius 1 is 1.09 bits per heavy atom. The third-order valence-electron chi connectivity index (χ3n) is 3.84. The third-order valence-corrected chi connectivity index (χ3v) is 3.84. The molecule has 0 saturated carbocycles. The number of nitrogens with zero attached hydrogens (tertiary/aromatic N) is 1. The van der Waals surface area contributed by atoms with Crippen molar-refractivity contribution in [3.63, 3.8) is 0 Å². The summed E-state index contributed by atoms with van der Waals surface area (Å²) in [6.45, 7) is 2.48. The minimum absolute atomic E-state index is 0.0248. The van der Waals surface area contributed by atoms with Gasteiger partial charge in [-0.05, 0) is 31.2 Å². The number of carbonyl (C=O) groups excluding carboxylic acids is 2. The van der Waals surface area contributed by atoms with Crippen molar-refractivity contribution < 1.29 is 9.59 Å². The maximum atomic E-state index is 12.1. The van der Waals surface area contributed by atoms with Gasteiger partial charge >= 0.3 is 6.03 Å². The van der Waals surface area contributed by atoms with Gasteiger partial charge in [-0.3, -0.25) is 4.79 Å². The van der Waals surface area contributed by atoms with Crippen molar-refractivity contribution in [2.24, 2.45) is 0 Å². The van der Waals surface area contributed by atoms with E-state index in [4.69, 9.17) is 0 Å². The van der Waals surface area contributed by atoms with E-state index in [-0.39, 0.29) is 18.0 Å². The summed E-state index contributed by atoms with van der Waals surface area (Å²) in [5, 5.41) is 5.65. The first-order valence-corrected chi connectivity index (χ1v) is 7.61. The summed E-state index contributed by atoms with van der Waals surface area (Å²) in [6.07, 6.45) is 0.316. The van der Waals surface area contributed by atoms with Crippen molar-refractivity contribution in [2.75, 3.05) is 16.8 Å². The quantitative estimate of drug-likeness (QED) is 0.916. The van der Waals surface area contributed by atoms with Crippen LogP contribution in [0.15, 0.2) is 54.6 Å². The molecule has 1 heterocycles. The second-order valence-corrected chi connectivity index (χ2v) is 5.71. The first-order chi connectivity index (χ1) is 11.1. The molecule has 118 valence electrons. The van der Waals surface area contributed by atoms with Gasteiger partial charge < -0.3 is 15.5 Å². The number of aryl methyl sites for hydroxylation is 1. The van der Waals surface area contributed by atoms with Crippen LogP contribution in [0.4, 0.5) is 16.2 Å². The summed E-state index contributed by atoms with van der Waals surface area (Å²) in [5.41, 5.74) is 2.73. The molecule has 1 saturated heterocycles. The summed E-state index contributed by atoms with van der Waals surface area (Å²) < 4.78 is 0. The van der Waals surface area contributed by atoms with Crippen LogP contribution in [0.3, 0.4) is 0 Å². The monoisotopic (exact) mass is 309 g/mol. The Kier molecular flexibility index (Phi) is 4.28. The fourth-order valence-corrected chi connectivity index (χ4v) is 2.65. The lowest BCUT2D eigenvalue weighted by molar-refractivity contribution is -0.117. The molecule has 2 aromatic carbocycles. The van der Waals surface area contributed by atoms with Crippen LogP contribution in [0.25, 0.3) is 0 Å². The number of hydrogen-bond donors (Lipinski definition) is 2. The van der Waals surface area contributed by atoms with Gasteiger partial charge in [0.25, 0.3) is 0 Å². The number of para-hydroxylation sites is 1. The van der Waals surface area contributed by atoms with E-state index in [1.807, 2.05) is 61.5 Å². The molecular formula is C18H19N3O2. The van der Waals surface area contributed by atoms with Crippen molar-refractivity contribution in [1.29, 1.82) is 0 Å². The zero-order valence-corrected chi connectivity index (χ0v) is 13.0. The minimum atomic E-state index is -0.290. The van der Waals surface area contributed by atoms with Gasteiger partial charge in [-0.15, -0.1) is 0 Å². The predicted octanol–water partition coefficient (Wildman–Crippen LogP) is 2.92. The summed E-state index contributed by atoms with van der Waals surface area (Å²) >= 11 is 0. The number of anilines is 2. The fraction of sp³-hybridized carbons (Fsp3) is 0.222. The average molecular weight is 309 g/mol. The van der Waals surface area contributed by atoms with E-state index in [1.54, 1.807) is 4.90 Å². The van der Waals surface area contributed by atoms with Crippen molar-refractivity contribution in [2.45, 2.75) is 19.4 Å². The zero-order valence-electron chi connectivity index (χ0n) is 13.0. The van der Waals surface area contributed by atoms with Crippen molar-refractivity contribution >= 4 is 23.3 Å². The van der Waals surface area contributed by atoms with Crippen LogP contribution in [-0.2, 0) is 4.79 Å². The Bertz CT molecular complexity index is 698. The molecule has 1 atom stereocenters. The van der Waals surface area contributed by atoms with Crippen molar-refractivity contribution in [3.8, 4) is 0 Å². The van der Waals surface area contributed by atoms with Crippen LogP contribution >= 0.6 is 0 Å². The number of amides is 3. The summed E-state index contributed by atoms with van der Waals surface area (Å²) in [4.78, 5) is 25.9. The smallest absolute Gasteiger partial charge is 0.319 e. The molecule has 2 aromatic rings. The van der Waals surface area contributed by atoms with Gasteiger partial charge in [0.15, 0.2) is 0 Å². The molecule has 0 unspecified atom stereocenters. The number of rotatable bonds is 3. The Morgan fingerprint density at radius 3 is 2.48 bits per heavy atom. The SMILES string of the molecule is Cc1ccc(NC(=O)N[C@@H]2CC(=O)N(c3ccccc3)C2)cc1. The molecule has 5 heteroatoms. The van der Waals surface area contributed by atoms with Crippen LogP contribution in [0.1, 0.15) is 12.0 Å². The lowest BCUT2D eigenvalue weighted by Gasteiger charge is -2.17. The molecular weight excluding hydrogens is 290 g/mol. The molecule has 0 spiro atoms. The molecule has 0 radical (unpaired) electrons. The number of urea groups is 1. The number of carbonyl (C=O) groups is 2. The van der Waals surface area contributed by atoms with E-state index in [1.165, 1.54) is 0 Å². The normalized spacial score (nSPS) is 17.2. The van der Waals surface area contributed by atoms with E-state index in [0.29, 0.717) is 13.0 Å². The Labute approximate surface area is 135 Å². The Balaban J connectivity index is 1.57. The number of benzene rings is 2. The third kappa shape index (κ3) is 3.69. The van der Waals surface area contributed by atoms with Gasteiger partial charge in [0, 0.05) is 24.3 Å². The molecule has 0 aliphatic carbocycles. The van der Waals surface area contributed by atoms with Crippen molar-refractivity contribution in [3.05, 3.63) is 60.2 Å². The second kappa shape index (κ2) is 6.52. The minimum Gasteiger partial charge on any atom is -0.333 e. The first kappa shape index (κ1) is 15.1. The van der Waals surface area contributed by atoms with Crippen LogP contribution < -0.4 is 15.5 Å². The highest BCUT2D eigenvalue weighted by Crippen LogP contribution is 2.21. The Hall–Kier alpha value is -2.82. The van der Waals surface area contributed by atoms with Gasteiger partial charge in [0.05, 0.1) is 6.04 Å². The molecule has 2 N–H and O–H groups in total. The van der Waals surface area contributed by atoms with E-state index < -0.39 is 0 Å². The maximum Gasteiger partial charge on any atom is 0.319 e. The zero-order chi connectivity index (χ0) is 16.2. The fourth-order valence-electron chi connectivity index (χ4n) is 2.65. The second-order valence-electron chi connectivity index (χ2n) is 5.71. The molecule has 5 nitrogen and oxygen atoms in total. The predicted molar refractivity (Wildman–Crippen MR) is 90.5 cm³/mol. The molecule has 3 amide bonds. The van der Waals surface area contributed by atoms with Gasteiger partial charge in [-0.1, -0.05) is 35.9 Å². The lowest BCUT2D eigenvalue weighted by Crippen LogP contribution is -2.39. The lowest BCUT2D eigenvalue weighted by atomic mass is 10.2. The largest absolute Gasteiger partial charge is 0.333 e. The van der Waals surface area contributed by atoms with Gasteiger partial charge in [-0.2, -0.15) is 0 Å². The average Bonchev–Trinajstić information content (AvgIpc) is 2.91. The number of nitrogens with one attached hydrogen (secondary N) is 2. The van der Waals surface area contributed by atoms with Gasteiger partial charge in [0.2, 0.25) is 5.91 Å². The molecule has 0 aromatic heterocycles. The van der Waals surface area contributed by atoms with Gasteiger partial charge in [-0.25, -0.2) is 4.79 Å². The van der Waals surface area contributed by atoms with E-state index in [2.05, 4.69) is 10.6 Å². The standard InChI is InChI=1S/C18H19N3O2/c1-13-7-9-14(10-8-13)19-18(23)20-15-11-17(22)21(12-15)16-5-3-2-4-6-16/h2-10,15H,11-12H2,1H3,(H2,19,20,23)/t15-/m1/s1. The molecule has 3 rings (SSSR count). The van der Waals surface area contributed by atoms with E-state index >= 15 is 0 Å². The highest BCUT2D eigenvalue weighted by atomic mass is 16.2. The van der Waals surface area contributed by atoms with Crippen LogP contribution in [-0.4, -0.2) is 24.5 Å².